The molecule has 0 amide bonds. The van der Waals surface area contributed by atoms with E-state index in [2.05, 4.69) is 34.9 Å². The lowest BCUT2D eigenvalue weighted by molar-refractivity contribution is 0.206. The maximum absolute atomic E-state index is 4.43. The van der Waals surface area contributed by atoms with E-state index < -0.39 is 0 Å². The molecule has 0 unspecified atom stereocenters. The Hall–Kier alpha value is -2.02. The highest BCUT2D eigenvalue weighted by Gasteiger charge is 2.17. The van der Waals surface area contributed by atoms with Gasteiger partial charge in [0.15, 0.2) is 0 Å². The van der Waals surface area contributed by atoms with Crippen LogP contribution in [0.2, 0.25) is 0 Å². The molecule has 7 heteroatoms. The molecule has 100 valence electrons. The van der Waals surface area contributed by atoms with Gasteiger partial charge in [-0.2, -0.15) is 0 Å². The van der Waals surface area contributed by atoms with Crippen molar-refractivity contribution in [3.05, 3.63) is 30.2 Å². The highest BCUT2D eigenvalue weighted by molar-refractivity contribution is 5.30. The average molecular weight is 259 g/mol. The third-order valence-corrected chi connectivity index (χ3v) is 3.17. The van der Waals surface area contributed by atoms with E-state index in [9.17, 15) is 0 Å². The van der Waals surface area contributed by atoms with Gasteiger partial charge in [0, 0.05) is 26.2 Å². The number of anilines is 1. The zero-order valence-corrected chi connectivity index (χ0v) is 11.0. The summed E-state index contributed by atoms with van der Waals surface area (Å²) < 4.78 is 2.09. The van der Waals surface area contributed by atoms with E-state index in [1.54, 1.807) is 12.5 Å². The Morgan fingerprint density at radius 2 is 2.21 bits per heavy atom. The number of nitrogens with one attached hydrogen (secondary N) is 1. The fourth-order valence-corrected chi connectivity index (χ4v) is 2.19. The first-order chi connectivity index (χ1) is 9.35. The molecule has 0 saturated heterocycles. The molecule has 0 aromatic carbocycles. The Morgan fingerprint density at radius 3 is 3.00 bits per heavy atom. The van der Waals surface area contributed by atoms with E-state index in [1.165, 1.54) is 0 Å². The fraction of sp³-hybridized carbons (Fsp3) is 0.500. The second-order valence-electron chi connectivity index (χ2n) is 4.57. The van der Waals surface area contributed by atoms with Crippen molar-refractivity contribution >= 4 is 5.82 Å². The van der Waals surface area contributed by atoms with Crippen LogP contribution in [-0.4, -0.2) is 42.7 Å². The van der Waals surface area contributed by atoms with Crippen LogP contribution in [0.3, 0.4) is 0 Å². The second kappa shape index (κ2) is 5.31. The van der Waals surface area contributed by atoms with Crippen molar-refractivity contribution in [1.82, 2.24) is 29.6 Å². The maximum atomic E-state index is 4.43. The van der Waals surface area contributed by atoms with Gasteiger partial charge in [0.05, 0.1) is 24.6 Å². The summed E-state index contributed by atoms with van der Waals surface area (Å²) in [5.74, 6) is 1.84. The molecule has 0 fully saturated rings. The van der Waals surface area contributed by atoms with E-state index in [0.29, 0.717) is 0 Å². The van der Waals surface area contributed by atoms with Crippen molar-refractivity contribution in [2.45, 2.75) is 26.6 Å². The van der Waals surface area contributed by atoms with Gasteiger partial charge in [-0.05, 0) is 6.92 Å². The van der Waals surface area contributed by atoms with Gasteiger partial charge in [-0.1, -0.05) is 0 Å². The van der Waals surface area contributed by atoms with Gasteiger partial charge in [0.1, 0.15) is 18.0 Å². The standard InChI is InChI=1S/C12H17N7/c1-2-13-11-6-14-10(5-15-11)7-18-3-4-19-9-16-17-12(19)8-18/h5-6,9H,2-4,7-8H2,1H3,(H,13,15). The van der Waals surface area contributed by atoms with Gasteiger partial charge < -0.3 is 9.88 Å². The molecule has 0 radical (unpaired) electrons. The normalized spacial score (nSPS) is 15.2. The molecule has 0 spiro atoms. The van der Waals surface area contributed by atoms with E-state index in [4.69, 9.17) is 0 Å². The van der Waals surface area contributed by atoms with Gasteiger partial charge in [0.25, 0.3) is 0 Å². The summed E-state index contributed by atoms with van der Waals surface area (Å²) in [6.45, 7) is 6.44. The lowest BCUT2D eigenvalue weighted by Gasteiger charge is -2.26. The molecule has 2 aromatic rings. The van der Waals surface area contributed by atoms with Crippen LogP contribution < -0.4 is 5.32 Å². The van der Waals surface area contributed by atoms with Crippen molar-refractivity contribution in [2.24, 2.45) is 0 Å². The number of hydrogen-bond donors (Lipinski definition) is 1. The Bertz CT molecular complexity index is 533. The summed E-state index contributed by atoms with van der Waals surface area (Å²) in [6.07, 6.45) is 5.40. The highest BCUT2D eigenvalue weighted by atomic mass is 15.3. The van der Waals surface area contributed by atoms with Gasteiger partial charge >= 0.3 is 0 Å². The molecule has 19 heavy (non-hydrogen) atoms. The van der Waals surface area contributed by atoms with E-state index >= 15 is 0 Å². The summed E-state index contributed by atoms with van der Waals surface area (Å²) >= 11 is 0. The van der Waals surface area contributed by atoms with E-state index in [1.807, 2.05) is 13.1 Å². The lowest BCUT2D eigenvalue weighted by Crippen LogP contribution is -2.33. The average Bonchev–Trinajstić information content (AvgIpc) is 2.89. The van der Waals surface area contributed by atoms with Gasteiger partial charge in [-0.25, -0.2) is 4.98 Å². The van der Waals surface area contributed by atoms with Gasteiger partial charge in [-0.15, -0.1) is 10.2 Å². The Morgan fingerprint density at radius 1 is 1.26 bits per heavy atom. The molecule has 7 nitrogen and oxygen atoms in total. The summed E-state index contributed by atoms with van der Waals surface area (Å²) in [6, 6.07) is 0. The van der Waals surface area contributed by atoms with Crippen molar-refractivity contribution in [2.75, 3.05) is 18.4 Å². The number of hydrogen-bond acceptors (Lipinski definition) is 6. The Kier molecular flexibility index (Phi) is 3.37. The van der Waals surface area contributed by atoms with Gasteiger partial charge in [0.2, 0.25) is 0 Å². The summed E-state index contributed by atoms with van der Waals surface area (Å²) in [4.78, 5) is 11.1. The highest BCUT2D eigenvalue weighted by Crippen LogP contribution is 2.12. The Balaban J connectivity index is 1.63. The van der Waals surface area contributed by atoms with Crippen LogP contribution >= 0.6 is 0 Å². The number of rotatable bonds is 4. The monoisotopic (exact) mass is 259 g/mol. The molecular weight excluding hydrogens is 242 g/mol. The summed E-state index contributed by atoms with van der Waals surface area (Å²) in [5.41, 5.74) is 0.981. The quantitative estimate of drug-likeness (QED) is 0.863. The number of nitrogens with zero attached hydrogens (tertiary/aromatic N) is 6. The zero-order valence-electron chi connectivity index (χ0n) is 11.0. The minimum Gasteiger partial charge on any atom is -0.369 e. The second-order valence-corrected chi connectivity index (χ2v) is 4.57. The molecular formula is C12H17N7. The molecule has 0 atom stereocenters. The van der Waals surface area contributed by atoms with Crippen molar-refractivity contribution in [3.63, 3.8) is 0 Å². The van der Waals surface area contributed by atoms with Crippen molar-refractivity contribution < 1.29 is 0 Å². The minimum atomic E-state index is 0.798. The topological polar surface area (TPSA) is 71.8 Å². The zero-order chi connectivity index (χ0) is 13.1. The van der Waals surface area contributed by atoms with E-state index in [-0.39, 0.29) is 0 Å². The molecule has 3 rings (SSSR count). The van der Waals surface area contributed by atoms with Crippen molar-refractivity contribution in [1.29, 1.82) is 0 Å². The summed E-state index contributed by atoms with van der Waals surface area (Å²) in [7, 11) is 0. The number of fused-ring (bicyclic) bond motifs is 1. The molecule has 0 bridgehead atoms. The minimum absolute atomic E-state index is 0.798. The molecule has 1 N–H and O–H groups in total. The molecule has 1 aliphatic heterocycles. The van der Waals surface area contributed by atoms with Crippen LogP contribution in [-0.2, 0) is 19.6 Å². The molecule has 2 aromatic heterocycles. The summed E-state index contributed by atoms with van der Waals surface area (Å²) in [5, 5.41) is 11.2. The lowest BCUT2D eigenvalue weighted by atomic mass is 10.3. The smallest absolute Gasteiger partial charge is 0.147 e. The third kappa shape index (κ3) is 2.70. The van der Waals surface area contributed by atoms with E-state index in [0.717, 1.165) is 50.1 Å². The number of aromatic nitrogens is 5. The first-order valence-electron chi connectivity index (χ1n) is 6.49. The molecule has 0 aliphatic carbocycles. The largest absolute Gasteiger partial charge is 0.369 e. The van der Waals surface area contributed by atoms with Crippen LogP contribution in [0, 0.1) is 0 Å². The molecule has 1 aliphatic rings. The molecule has 3 heterocycles. The third-order valence-electron chi connectivity index (χ3n) is 3.17. The first-order valence-corrected chi connectivity index (χ1v) is 6.49. The predicted molar refractivity (Wildman–Crippen MR) is 70.3 cm³/mol. The van der Waals surface area contributed by atoms with Crippen LogP contribution in [0.5, 0.6) is 0 Å². The SMILES string of the molecule is CCNc1cnc(CN2CCn3cnnc3C2)cn1. The first kappa shape index (κ1) is 12.0. The van der Waals surface area contributed by atoms with Crippen LogP contribution in [0.25, 0.3) is 0 Å². The van der Waals surface area contributed by atoms with Crippen LogP contribution in [0.4, 0.5) is 5.82 Å². The maximum Gasteiger partial charge on any atom is 0.147 e. The van der Waals surface area contributed by atoms with Crippen LogP contribution in [0.1, 0.15) is 18.4 Å². The molecule has 0 saturated carbocycles. The predicted octanol–water partition coefficient (Wildman–Crippen LogP) is 0.516. The van der Waals surface area contributed by atoms with Gasteiger partial charge in [-0.3, -0.25) is 9.88 Å². The van der Waals surface area contributed by atoms with Crippen LogP contribution in [0.15, 0.2) is 18.7 Å². The Labute approximate surface area is 111 Å². The fourth-order valence-electron chi connectivity index (χ4n) is 2.19. The van der Waals surface area contributed by atoms with Crippen molar-refractivity contribution in [3.8, 4) is 0 Å².